The molecule has 1 unspecified atom stereocenters. The minimum absolute atomic E-state index is 0.0371. The summed E-state index contributed by atoms with van der Waals surface area (Å²) >= 11 is 1.33. The summed E-state index contributed by atoms with van der Waals surface area (Å²) in [5, 5.41) is 11.5. The zero-order chi connectivity index (χ0) is 28.7. The summed E-state index contributed by atoms with van der Waals surface area (Å²) in [4.78, 5) is 33.5. The molecule has 9 heteroatoms. The number of furan rings is 1. The zero-order valence-electron chi connectivity index (χ0n) is 23.4. The zero-order valence-corrected chi connectivity index (χ0v) is 24.2. The van der Waals surface area contributed by atoms with Gasteiger partial charge in [0.2, 0.25) is 5.78 Å². The van der Waals surface area contributed by atoms with Crippen LogP contribution >= 0.6 is 11.3 Å². The molecule has 5 rings (SSSR count). The van der Waals surface area contributed by atoms with Gasteiger partial charge in [-0.2, -0.15) is 0 Å². The van der Waals surface area contributed by atoms with Crippen LogP contribution in [0.3, 0.4) is 0 Å². The molecule has 1 aliphatic rings. The smallest absolute Gasteiger partial charge is 0.296 e. The van der Waals surface area contributed by atoms with Crippen LogP contribution < -0.4 is 14.4 Å². The summed E-state index contributed by atoms with van der Waals surface area (Å²) < 4.78 is 18.1. The van der Waals surface area contributed by atoms with E-state index in [2.05, 4.69) is 13.8 Å². The Labute approximate surface area is 236 Å². The molecule has 2 aromatic heterocycles. The van der Waals surface area contributed by atoms with Crippen molar-refractivity contribution < 1.29 is 28.6 Å². The average Bonchev–Trinajstić information content (AvgIpc) is 3.60. The number of ketones is 1. The molecule has 0 bridgehead atoms. The summed E-state index contributed by atoms with van der Waals surface area (Å²) in [5.74, 6) is 0.159. The van der Waals surface area contributed by atoms with Gasteiger partial charge in [-0.3, -0.25) is 14.5 Å². The lowest BCUT2D eigenvalue weighted by molar-refractivity contribution is -0.117. The molecular formula is C31H32N2O6S. The highest BCUT2D eigenvalue weighted by atomic mass is 32.1. The molecule has 0 radical (unpaired) electrons. The SMILES string of the molecule is COc1cc(C2C(C(=O)c3ccc(C)o3)=C(O)C(=O)N2c2nc3c(C)cc(C)cc3s2)ccc1OCCC(C)C. The Morgan fingerprint density at radius 2 is 1.90 bits per heavy atom. The number of carbonyl (C=O) groups excluding carboxylic acids is 2. The van der Waals surface area contributed by atoms with Crippen LogP contribution in [0.5, 0.6) is 11.5 Å². The van der Waals surface area contributed by atoms with Gasteiger partial charge in [-0.1, -0.05) is 37.3 Å². The number of carbonyl (C=O) groups is 2. The van der Waals surface area contributed by atoms with Gasteiger partial charge in [-0.05, 0) is 80.1 Å². The second-order valence-corrected chi connectivity index (χ2v) is 11.5. The molecule has 0 spiro atoms. The van der Waals surface area contributed by atoms with Crippen molar-refractivity contribution in [3.05, 3.63) is 82.0 Å². The first-order valence-electron chi connectivity index (χ1n) is 13.1. The molecule has 4 aromatic rings. The van der Waals surface area contributed by atoms with E-state index < -0.39 is 23.5 Å². The van der Waals surface area contributed by atoms with Gasteiger partial charge in [-0.25, -0.2) is 4.98 Å². The summed E-state index contributed by atoms with van der Waals surface area (Å²) in [6.45, 7) is 10.5. The van der Waals surface area contributed by atoms with Crippen LogP contribution in [0.25, 0.3) is 10.2 Å². The van der Waals surface area contributed by atoms with Gasteiger partial charge in [-0.15, -0.1) is 0 Å². The first-order chi connectivity index (χ1) is 19.1. The molecule has 1 amide bonds. The van der Waals surface area contributed by atoms with E-state index in [1.807, 2.05) is 26.0 Å². The quantitative estimate of drug-likeness (QED) is 0.219. The van der Waals surface area contributed by atoms with Crippen LogP contribution in [0, 0.1) is 26.7 Å². The summed E-state index contributed by atoms with van der Waals surface area (Å²) in [7, 11) is 1.54. The van der Waals surface area contributed by atoms with E-state index in [-0.39, 0.29) is 11.3 Å². The molecule has 0 aliphatic carbocycles. The van der Waals surface area contributed by atoms with Crippen molar-refractivity contribution in [1.82, 2.24) is 4.98 Å². The number of aromatic nitrogens is 1. The third kappa shape index (κ3) is 4.97. The van der Waals surface area contributed by atoms with Crippen LogP contribution in [0.15, 0.2) is 58.2 Å². The van der Waals surface area contributed by atoms with Crippen molar-refractivity contribution >= 4 is 38.4 Å². The fourth-order valence-electron chi connectivity index (χ4n) is 4.88. The Hall–Kier alpha value is -4.11. The standard InChI is InChI=1S/C31H32N2O6S/c1-16(2)11-12-38-21-10-8-20(15-23(21)37-6)27-25(28(34)22-9-7-19(5)39-22)29(35)30(36)33(27)31-32-26-18(4)13-17(3)14-24(26)40-31/h7-10,13-16,27,35H,11-12H2,1-6H3. The molecule has 3 heterocycles. The number of nitrogens with zero attached hydrogens (tertiary/aromatic N) is 2. The molecule has 2 aromatic carbocycles. The topological polar surface area (TPSA) is 102 Å². The summed E-state index contributed by atoms with van der Waals surface area (Å²) in [6, 6.07) is 11.6. The molecule has 1 atom stereocenters. The molecule has 0 saturated heterocycles. The number of aliphatic hydroxyl groups is 1. The molecule has 8 nitrogen and oxygen atoms in total. The monoisotopic (exact) mass is 560 g/mol. The Morgan fingerprint density at radius 3 is 2.58 bits per heavy atom. The first-order valence-corrected chi connectivity index (χ1v) is 14.0. The number of anilines is 1. The first kappa shape index (κ1) is 27.5. The van der Waals surface area contributed by atoms with Gasteiger partial charge in [0.1, 0.15) is 5.76 Å². The van der Waals surface area contributed by atoms with Crippen LogP contribution in [0.1, 0.15) is 59.3 Å². The van der Waals surface area contributed by atoms with E-state index in [9.17, 15) is 14.7 Å². The largest absolute Gasteiger partial charge is 0.503 e. The highest BCUT2D eigenvalue weighted by Crippen LogP contribution is 2.46. The maximum absolute atomic E-state index is 13.7. The molecule has 0 fully saturated rings. The number of thiazole rings is 1. The van der Waals surface area contributed by atoms with E-state index in [0.717, 1.165) is 27.8 Å². The lowest BCUT2D eigenvalue weighted by atomic mass is 9.95. The summed E-state index contributed by atoms with van der Waals surface area (Å²) in [5.41, 5.74) is 3.30. The van der Waals surface area contributed by atoms with E-state index in [4.69, 9.17) is 18.9 Å². The fourth-order valence-corrected chi connectivity index (χ4v) is 6.05. The van der Waals surface area contributed by atoms with Gasteiger partial charge in [0.15, 0.2) is 28.1 Å². The number of hydrogen-bond acceptors (Lipinski definition) is 8. The number of aliphatic hydroxyl groups excluding tert-OH is 1. The third-order valence-electron chi connectivity index (χ3n) is 6.90. The van der Waals surface area contributed by atoms with E-state index in [1.165, 1.54) is 29.4 Å². The average molecular weight is 561 g/mol. The van der Waals surface area contributed by atoms with Crippen LogP contribution in [-0.2, 0) is 4.79 Å². The number of aryl methyl sites for hydroxylation is 3. The number of rotatable bonds is 9. The van der Waals surface area contributed by atoms with Gasteiger partial charge in [0.05, 0.1) is 35.5 Å². The predicted molar refractivity (Wildman–Crippen MR) is 155 cm³/mol. The summed E-state index contributed by atoms with van der Waals surface area (Å²) in [6.07, 6.45) is 0.879. The number of methoxy groups -OCH3 is 1. The van der Waals surface area contributed by atoms with Gasteiger partial charge in [0.25, 0.3) is 5.91 Å². The number of fused-ring (bicyclic) bond motifs is 1. The molecular weight excluding hydrogens is 528 g/mol. The third-order valence-corrected chi connectivity index (χ3v) is 7.90. The number of hydrogen-bond donors (Lipinski definition) is 1. The molecule has 40 heavy (non-hydrogen) atoms. The maximum Gasteiger partial charge on any atom is 0.296 e. The normalized spacial score (nSPS) is 15.5. The number of Topliss-reactive ketones (excluding diaryl/α,β-unsaturated/α-hetero) is 1. The Morgan fingerprint density at radius 1 is 1.12 bits per heavy atom. The van der Waals surface area contributed by atoms with E-state index in [1.54, 1.807) is 31.2 Å². The number of ether oxygens (including phenoxy) is 2. The van der Waals surface area contributed by atoms with Crippen LogP contribution in [-0.4, -0.2) is 35.5 Å². The Balaban J connectivity index is 1.63. The van der Waals surface area contributed by atoms with Crippen molar-refractivity contribution in [2.75, 3.05) is 18.6 Å². The molecule has 1 aliphatic heterocycles. The van der Waals surface area contributed by atoms with Crippen molar-refractivity contribution in [3.8, 4) is 11.5 Å². The lowest BCUT2D eigenvalue weighted by Gasteiger charge is -2.25. The van der Waals surface area contributed by atoms with Crippen LogP contribution in [0.2, 0.25) is 0 Å². The highest BCUT2D eigenvalue weighted by molar-refractivity contribution is 7.22. The van der Waals surface area contributed by atoms with E-state index in [0.29, 0.717) is 40.5 Å². The van der Waals surface area contributed by atoms with Gasteiger partial charge >= 0.3 is 0 Å². The Kier molecular flexibility index (Phi) is 7.42. The lowest BCUT2D eigenvalue weighted by Crippen LogP contribution is -2.31. The maximum atomic E-state index is 13.7. The highest BCUT2D eigenvalue weighted by Gasteiger charge is 2.46. The number of amides is 1. The second-order valence-electron chi connectivity index (χ2n) is 10.4. The van der Waals surface area contributed by atoms with Crippen molar-refractivity contribution in [2.45, 2.75) is 47.1 Å². The van der Waals surface area contributed by atoms with Crippen LogP contribution in [0.4, 0.5) is 5.13 Å². The number of benzene rings is 2. The van der Waals surface area contributed by atoms with Crippen molar-refractivity contribution in [1.29, 1.82) is 0 Å². The molecule has 1 N–H and O–H groups in total. The minimum Gasteiger partial charge on any atom is -0.503 e. The predicted octanol–water partition coefficient (Wildman–Crippen LogP) is 7.03. The van der Waals surface area contributed by atoms with Crippen molar-refractivity contribution in [3.63, 3.8) is 0 Å². The Bertz CT molecular complexity index is 1650. The molecule has 0 saturated carbocycles. The van der Waals surface area contributed by atoms with Gasteiger partial charge < -0.3 is 19.0 Å². The fraction of sp³-hybridized carbons (Fsp3) is 0.323. The van der Waals surface area contributed by atoms with E-state index >= 15 is 0 Å². The van der Waals surface area contributed by atoms with Crippen molar-refractivity contribution in [2.24, 2.45) is 5.92 Å². The molecule has 208 valence electrons. The second kappa shape index (κ2) is 10.8. The minimum atomic E-state index is -0.967. The van der Waals surface area contributed by atoms with Gasteiger partial charge in [0, 0.05) is 0 Å².